The molecule has 1 rings (SSSR count). The largest absolute Gasteiger partial charge is 0.353 e. The Bertz CT molecular complexity index is 467. The van der Waals surface area contributed by atoms with E-state index in [-0.39, 0.29) is 11.7 Å². The zero-order valence-electron chi connectivity index (χ0n) is 15.0. The van der Waals surface area contributed by atoms with Gasteiger partial charge in [-0.3, -0.25) is 4.79 Å². The highest BCUT2D eigenvalue weighted by Crippen LogP contribution is 2.10. The van der Waals surface area contributed by atoms with E-state index >= 15 is 0 Å². The molecule has 1 aromatic rings. The van der Waals surface area contributed by atoms with Gasteiger partial charge in [0.25, 0.3) is 0 Å². The summed E-state index contributed by atoms with van der Waals surface area (Å²) in [5.41, 5.74) is 0.825. The van der Waals surface area contributed by atoms with Crippen molar-refractivity contribution in [3.05, 3.63) is 41.7 Å². The van der Waals surface area contributed by atoms with E-state index in [1.54, 1.807) is 18.2 Å². The Kier molecular flexibility index (Phi) is 11.7. The third kappa shape index (κ3) is 11.0. The quantitative estimate of drug-likeness (QED) is 0.355. The predicted octanol–water partition coefficient (Wildman–Crippen LogP) is 5.88. The van der Waals surface area contributed by atoms with Crippen LogP contribution < -0.4 is 5.32 Å². The number of unbranched alkanes of at least 4 members (excludes halogenated alkanes) is 9. The van der Waals surface area contributed by atoms with E-state index in [4.69, 9.17) is 0 Å². The highest BCUT2D eigenvalue weighted by molar-refractivity contribution is 5.91. The molecule has 134 valence electrons. The van der Waals surface area contributed by atoms with Crippen LogP contribution >= 0.6 is 0 Å². The number of hydrogen-bond donors (Lipinski definition) is 1. The van der Waals surface area contributed by atoms with E-state index in [0.29, 0.717) is 0 Å². The zero-order valence-corrected chi connectivity index (χ0v) is 15.0. The zero-order chi connectivity index (χ0) is 17.5. The van der Waals surface area contributed by atoms with Crippen molar-refractivity contribution in [2.45, 2.75) is 71.1 Å². The summed E-state index contributed by atoms with van der Waals surface area (Å²) < 4.78 is 12.8. The standard InChI is InChI=1S/C21H32FNO/c1-2-3-4-5-6-7-8-9-10-11-18-23-21(24)17-14-19-12-15-20(22)16-13-19/h12-17H,2-11,18H2,1H3,(H,23,24)/b17-14+. The molecule has 0 aliphatic heterocycles. The summed E-state index contributed by atoms with van der Waals surface area (Å²) in [7, 11) is 0. The summed E-state index contributed by atoms with van der Waals surface area (Å²) >= 11 is 0. The van der Waals surface area contributed by atoms with Crippen LogP contribution in [0, 0.1) is 5.82 Å². The van der Waals surface area contributed by atoms with Crippen LogP contribution in [-0.2, 0) is 4.79 Å². The van der Waals surface area contributed by atoms with Crippen molar-refractivity contribution < 1.29 is 9.18 Å². The smallest absolute Gasteiger partial charge is 0.243 e. The molecule has 0 fully saturated rings. The minimum Gasteiger partial charge on any atom is -0.353 e. The minimum atomic E-state index is -0.266. The molecule has 0 unspecified atom stereocenters. The number of benzene rings is 1. The maximum Gasteiger partial charge on any atom is 0.243 e. The van der Waals surface area contributed by atoms with Gasteiger partial charge in [-0.05, 0) is 30.2 Å². The predicted molar refractivity (Wildman–Crippen MR) is 100 cm³/mol. The molecule has 0 radical (unpaired) electrons. The van der Waals surface area contributed by atoms with Gasteiger partial charge >= 0.3 is 0 Å². The Balaban J connectivity index is 1.95. The topological polar surface area (TPSA) is 29.1 Å². The fraction of sp³-hybridized carbons (Fsp3) is 0.571. The molecule has 0 aliphatic rings. The number of amides is 1. The first-order chi connectivity index (χ1) is 11.7. The van der Waals surface area contributed by atoms with Crippen LogP contribution in [0.2, 0.25) is 0 Å². The van der Waals surface area contributed by atoms with E-state index < -0.39 is 0 Å². The summed E-state index contributed by atoms with van der Waals surface area (Å²) in [6, 6.07) is 6.09. The molecule has 3 heteroatoms. The molecule has 0 bridgehead atoms. The van der Waals surface area contributed by atoms with E-state index in [1.165, 1.54) is 76.0 Å². The second-order valence-corrected chi connectivity index (χ2v) is 6.36. The summed E-state index contributed by atoms with van der Waals surface area (Å²) in [5.74, 6) is -0.354. The Hall–Kier alpha value is -1.64. The fourth-order valence-corrected chi connectivity index (χ4v) is 2.63. The maximum absolute atomic E-state index is 12.8. The van der Waals surface area contributed by atoms with Crippen LogP contribution in [0.1, 0.15) is 76.7 Å². The number of carbonyl (C=O) groups excluding carboxylic acids is 1. The van der Waals surface area contributed by atoms with Crippen LogP contribution in [0.15, 0.2) is 30.3 Å². The molecule has 0 saturated carbocycles. The molecule has 24 heavy (non-hydrogen) atoms. The van der Waals surface area contributed by atoms with E-state index in [0.717, 1.165) is 18.5 Å². The number of carbonyl (C=O) groups is 1. The highest BCUT2D eigenvalue weighted by atomic mass is 19.1. The molecule has 1 N–H and O–H groups in total. The Morgan fingerprint density at radius 3 is 2.04 bits per heavy atom. The lowest BCUT2D eigenvalue weighted by Gasteiger charge is -2.03. The van der Waals surface area contributed by atoms with Crippen molar-refractivity contribution in [2.75, 3.05) is 6.54 Å². The van der Waals surface area contributed by atoms with Crippen LogP contribution in [0.4, 0.5) is 4.39 Å². The van der Waals surface area contributed by atoms with Gasteiger partial charge in [0.1, 0.15) is 5.82 Å². The van der Waals surface area contributed by atoms with Gasteiger partial charge in [-0.25, -0.2) is 4.39 Å². The molecule has 0 aliphatic carbocycles. The fourth-order valence-electron chi connectivity index (χ4n) is 2.63. The van der Waals surface area contributed by atoms with Gasteiger partial charge in [0.05, 0.1) is 0 Å². The van der Waals surface area contributed by atoms with Crippen molar-refractivity contribution in [3.8, 4) is 0 Å². The Labute approximate surface area is 146 Å². The monoisotopic (exact) mass is 333 g/mol. The summed E-state index contributed by atoms with van der Waals surface area (Å²) in [6.45, 7) is 2.97. The Morgan fingerprint density at radius 2 is 1.46 bits per heavy atom. The van der Waals surface area contributed by atoms with Crippen molar-refractivity contribution in [3.63, 3.8) is 0 Å². The number of halogens is 1. The number of nitrogens with one attached hydrogen (secondary N) is 1. The van der Waals surface area contributed by atoms with Crippen LogP contribution in [0.25, 0.3) is 6.08 Å². The average molecular weight is 333 g/mol. The van der Waals surface area contributed by atoms with Crippen LogP contribution in [0.3, 0.4) is 0 Å². The molecule has 0 heterocycles. The van der Waals surface area contributed by atoms with Crippen LogP contribution in [0.5, 0.6) is 0 Å². The third-order valence-electron chi connectivity index (χ3n) is 4.13. The van der Waals surface area contributed by atoms with Crippen LogP contribution in [-0.4, -0.2) is 12.5 Å². The summed E-state index contributed by atoms with van der Waals surface area (Å²) in [5, 5.41) is 2.89. The summed E-state index contributed by atoms with van der Waals surface area (Å²) in [4.78, 5) is 11.7. The van der Waals surface area contributed by atoms with E-state index in [9.17, 15) is 9.18 Å². The van der Waals surface area contributed by atoms with Gasteiger partial charge < -0.3 is 5.32 Å². The molecule has 2 nitrogen and oxygen atoms in total. The van der Waals surface area contributed by atoms with Gasteiger partial charge in [0.2, 0.25) is 5.91 Å². The van der Waals surface area contributed by atoms with Gasteiger partial charge in [-0.1, -0.05) is 76.8 Å². The van der Waals surface area contributed by atoms with Crippen molar-refractivity contribution in [1.82, 2.24) is 5.32 Å². The van der Waals surface area contributed by atoms with Gasteiger partial charge in [-0.15, -0.1) is 0 Å². The van der Waals surface area contributed by atoms with E-state index in [2.05, 4.69) is 12.2 Å². The first-order valence-corrected chi connectivity index (χ1v) is 9.44. The third-order valence-corrected chi connectivity index (χ3v) is 4.13. The molecule has 1 amide bonds. The molecule has 0 aromatic heterocycles. The summed E-state index contributed by atoms with van der Waals surface area (Å²) in [6.07, 6.45) is 16.1. The van der Waals surface area contributed by atoms with Crippen molar-refractivity contribution in [2.24, 2.45) is 0 Å². The molecule has 0 spiro atoms. The first kappa shape index (κ1) is 20.4. The lowest BCUT2D eigenvalue weighted by Crippen LogP contribution is -2.21. The average Bonchev–Trinajstić information content (AvgIpc) is 2.59. The maximum atomic E-state index is 12.8. The lowest BCUT2D eigenvalue weighted by molar-refractivity contribution is -0.116. The second kappa shape index (κ2) is 13.8. The molecule has 0 saturated heterocycles. The SMILES string of the molecule is CCCCCCCCCCCCNC(=O)/C=C/c1ccc(F)cc1. The van der Waals surface area contributed by atoms with Gasteiger partial charge in [0, 0.05) is 12.6 Å². The van der Waals surface area contributed by atoms with Gasteiger partial charge in [0.15, 0.2) is 0 Å². The molecule has 0 atom stereocenters. The first-order valence-electron chi connectivity index (χ1n) is 9.44. The highest BCUT2D eigenvalue weighted by Gasteiger charge is 1.96. The van der Waals surface area contributed by atoms with Gasteiger partial charge in [-0.2, -0.15) is 0 Å². The van der Waals surface area contributed by atoms with E-state index in [1.807, 2.05) is 0 Å². The molecular formula is C21H32FNO. The normalized spacial score (nSPS) is 11.1. The van der Waals surface area contributed by atoms with Crippen molar-refractivity contribution >= 4 is 12.0 Å². The second-order valence-electron chi connectivity index (χ2n) is 6.36. The number of rotatable bonds is 13. The molecule has 1 aromatic carbocycles. The number of hydrogen-bond acceptors (Lipinski definition) is 1. The minimum absolute atomic E-state index is 0.0877. The lowest BCUT2D eigenvalue weighted by atomic mass is 10.1. The molecular weight excluding hydrogens is 301 g/mol. The van der Waals surface area contributed by atoms with Crippen molar-refractivity contribution in [1.29, 1.82) is 0 Å². The Morgan fingerprint density at radius 1 is 0.917 bits per heavy atom.